The molecule has 1 N–H and O–H groups in total. The molecule has 2 heterocycles. The number of hydrogen-bond donors (Lipinski definition) is 1. The summed E-state index contributed by atoms with van der Waals surface area (Å²) in [6.07, 6.45) is 7.09. The quantitative estimate of drug-likeness (QED) is 0.632. The Morgan fingerprint density at radius 2 is 1.83 bits per heavy atom. The van der Waals surface area contributed by atoms with Gasteiger partial charge in [0.1, 0.15) is 10.2 Å². The van der Waals surface area contributed by atoms with Gasteiger partial charge in [-0.25, -0.2) is 4.98 Å². The number of aryl methyl sites for hydroxylation is 1. The Morgan fingerprint density at radius 3 is 2.48 bits per heavy atom. The van der Waals surface area contributed by atoms with Crippen LogP contribution in [0.1, 0.15) is 70.7 Å². The van der Waals surface area contributed by atoms with Crippen molar-refractivity contribution in [3.8, 4) is 0 Å². The van der Waals surface area contributed by atoms with Gasteiger partial charge in [-0.1, -0.05) is 19.3 Å². The van der Waals surface area contributed by atoms with Crippen molar-refractivity contribution in [1.82, 2.24) is 9.55 Å². The van der Waals surface area contributed by atoms with Crippen LogP contribution >= 0.6 is 11.3 Å². The summed E-state index contributed by atoms with van der Waals surface area (Å²) in [5.41, 5.74) is 2.02. The number of nitrogens with one attached hydrogen (secondary N) is 1. The zero-order chi connectivity index (χ0) is 20.5. The monoisotopic (exact) mass is 409 g/mol. The lowest BCUT2D eigenvalue weighted by atomic mass is 9.95. The summed E-state index contributed by atoms with van der Waals surface area (Å²) in [6.45, 7) is 3.34. The van der Waals surface area contributed by atoms with Crippen LogP contribution in [0.25, 0.3) is 10.2 Å². The smallest absolute Gasteiger partial charge is 0.271 e. The van der Waals surface area contributed by atoms with Gasteiger partial charge < -0.3 is 5.32 Å². The molecular weight excluding hydrogens is 386 g/mol. The van der Waals surface area contributed by atoms with Gasteiger partial charge in [-0.05, 0) is 51.0 Å². The van der Waals surface area contributed by atoms with E-state index in [9.17, 15) is 14.4 Å². The SMILES string of the molecule is CC(=O)c1ccc(NC(=O)c2c(C)sc3c(=O)n(C4CCCCC4)cnc23)cc1. The summed E-state index contributed by atoms with van der Waals surface area (Å²) in [5.74, 6) is -0.326. The van der Waals surface area contributed by atoms with Gasteiger partial charge in [0.05, 0.1) is 11.9 Å². The van der Waals surface area contributed by atoms with Gasteiger partial charge in [0.2, 0.25) is 0 Å². The molecule has 0 saturated heterocycles. The van der Waals surface area contributed by atoms with Crippen LogP contribution in [0.15, 0.2) is 35.4 Å². The van der Waals surface area contributed by atoms with Gasteiger partial charge in [0, 0.05) is 22.2 Å². The molecule has 0 bridgehead atoms. The first-order valence-electron chi connectivity index (χ1n) is 9.88. The van der Waals surface area contributed by atoms with Crippen molar-refractivity contribution >= 4 is 38.9 Å². The van der Waals surface area contributed by atoms with Crippen molar-refractivity contribution in [2.75, 3.05) is 5.32 Å². The van der Waals surface area contributed by atoms with Gasteiger partial charge in [-0.2, -0.15) is 0 Å². The minimum atomic E-state index is -0.299. The molecule has 1 aliphatic carbocycles. The molecule has 0 aliphatic heterocycles. The predicted octanol–water partition coefficient (Wildman–Crippen LogP) is 4.73. The number of Topliss-reactive ketones (excluding diaryl/α,β-unsaturated/α-hetero) is 1. The number of carbonyl (C=O) groups is 2. The van der Waals surface area contributed by atoms with Gasteiger partial charge in [-0.3, -0.25) is 19.0 Å². The number of carbonyl (C=O) groups excluding carboxylic acids is 2. The number of ketones is 1. The zero-order valence-corrected chi connectivity index (χ0v) is 17.3. The summed E-state index contributed by atoms with van der Waals surface area (Å²) in [4.78, 5) is 42.6. The molecule has 4 rings (SSSR count). The summed E-state index contributed by atoms with van der Waals surface area (Å²) < 4.78 is 2.28. The van der Waals surface area contributed by atoms with Crippen LogP contribution in [-0.4, -0.2) is 21.2 Å². The highest BCUT2D eigenvalue weighted by Crippen LogP contribution is 2.30. The first-order chi connectivity index (χ1) is 14.0. The highest BCUT2D eigenvalue weighted by atomic mass is 32.1. The van der Waals surface area contributed by atoms with E-state index in [0.717, 1.165) is 30.6 Å². The second-order valence-corrected chi connectivity index (χ2v) is 8.77. The highest BCUT2D eigenvalue weighted by Gasteiger charge is 2.23. The number of nitrogens with zero attached hydrogens (tertiary/aromatic N) is 2. The Hall–Kier alpha value is -2.80. The third-order valence-electron chi connectivity index (χ3n) is 5.54. The van der Waals surface area contributed by atoms with Crippen LogP contribution in [0.4, 0.5) is 5.69 Å². The lowest BCUT2D eigenvalue weighted by Crippen LogP contribution is -2.26. The third kappa shape index (κ3) is 3.74. The molecule has 1 amide bonds. The number of rotatable bonds is 4. The molecule has 0 radical (unpaired) electrons. The van der Waals surface area contributed by atoms with Crippen LogP contribution in [0.3, 0.4) is 0 Å². The van der Waals surface area contributed by atoms with E-state index in [1.165, 1.54) is 24.7 Å². The van der Waals surface area contributed by atoms with Crippen LogP contribution in [0.2, 0.25) is 0 Å². The molecule has 1 aromatic carbocycles. The Labute approximate surface area is 172 Å². The summed E-state index contributed by atoms with van der Waals surface area (Å²) in [6, 6.07) is 6.95. The molecular formula is C22H23N3O3S. The Balaban J connectivity index is 1.65. The lowest BCUT2D eigenvalue weighted by Gasteiger charge is -2.23. The van der Waals surface area contributed by atoms with Gasteiger partial charge in [-0.15, -0.1) is 11.3 Å². The van der Waals surface area contributed by atoms with Crippen molar-refractivity contribution in [2.45, 2.75) is 52.0 Å². The number of hydrogen-bond acceptors (Lipinski definition) is 5. The van der Waals surface area contributed by atoms with Crippen LogP contribution in [-0.2, 0) is 0 Å². The largest absolute Gasteiger partial charge is 0.322 e. The number of anilines is 1. The molecule has 1 aliphatic rings. The van der Waals surface area contributed by atoms with E-state index in [1.54, 1.807) is 35.2 Å². The average molecular weight is 410 g/mol. The standard InChI is InChI=1S/C22H23N3O3S/c1-13(26)15-8-10-16(11-9-15)24-21(27)18-14(2)29-20-19(18)23-12-25(22(20)28)17-6-4-3-5-7-17/h8-12,17H,3-7H2,1-2H3,(H,24,27). The maximum Gasteiger partial charge on any atom is 0.271 e. The molecule has 6 nitrogen and oxygen atoms in total. The van der Waals surface area contributed by atoms with Crippen molar-refractivity contribution in [3.63, 3.8) is 0 Å². The van der Waals surface area contributed by atoms with E-state index in [-0.39, 0.29) is 23.3 Å². The first-order valence-corrected chi connectivity index (χ1v) is 10.7. The van der Waals surface area contributed by atoms with Crippen molar-refractivity contribution in [2.24, 2.45) is 0 Å². The van der Waals surface area contributed by atoms with E-state index in [2.05, 4.69) is 10.3 Å². The fourth-order valence-electron chi connectivity index (χ4n) is 3.96. The molecule has 1 saturated carbocycles. The van der Waals surface area contributed by atoms with Gasteiger partial charge in [0.25, 0.3) is 11.5 Å². The first kappa shape index (κ1) is 19.5. The zero-order valence-electron chi connectivity index (χ0n) is 16.5. The lowest BCUT2D eigenvalue weighted by molar-refractivity contribution is 0.101. The summed E-state index contributed by atoms with van der Waals surface area (Å²) in [7, 11) is 0. The Morgan fingerprint density at radius 1 is 1.14 bits per heavy atom. The van der Waals surface area contributed by atoms with E-state index in [1.807, 2.05) is 6.92 Å². The van der Waals surface area contributed by atoms with Gasteiger partial charge in [0.15, 0.2) is 5.78 Å². The van der Waals surface area contributed by atoms with Gasteiger partial charge >= 0.3 is 0 Å². The second-order valence-electron chi connectivity index (χ2n) is 7.55. The maximum absolute atomic E-state index is 13.0. The minimum Gasteiger partial charge on any atom is -0.322 e. The molecule has 7 heteroatoms. The minimum absolute atomic E-state index is 0.0269. The summed E-state index contributed by atoms with van der Waals surface area (Å²) >= 11 is 1.33. The van der Waals surface area contributed by atoms with E-state index < -0.39 is 0 Å². The second kappa shape index (κ2) is 7.91. The summed E-state index contributed by atoms with van der Waals surface area (Å²) in [5, 5.41) is 2.85. The van der Waals surface area contributed by atoms with E-state index in [4.69, 9.17) is 0 Å². The molecule has 0 atom stereocenters. The van der Waals surface area contributed by atoms with E-state index >= 15 is 0 Å². The maximum atomic E-state index is 13.0. The average Bonchev–Trinajstić information content (AvgIpc) is 3.06. The number of amides is 1. The third-order valence-corrected chi connectivity index (χ3v) is 6.63. The number of thiophene rings is 1. The molecule has 1 fully saturated rings. The topological polar surface area (TPSA) is 81.1 Å². The molecule has 0 spiro atoms. The number of fused-ring (bicyclic) bond motifs is 1. The fraction of sp³-hybridized carbons (Fsp3) is 0.364. The fourth-order valence-corrected chi connectivity index (χ4v) is 5.00. The van der Waals surface area contributed by atoms with Crippen LogP contribution in [0.5, 0.6) is 0 Å². The van der Waals surface area contributed by atoms with Crippen molar-refractivity contribution in [3.05, 3.63) is 57.0 Å². The molecule has 2 aromatic heterocycles. The Bertz CT molecular complexity index is 1140. The number of benzene rings is 1. The number of aromatic nitrogens is 2. The molecule has 3 aromatic rings. The van der Waals surface area contributed by atoms with E-state index in [0.29, 0.717) is 27.0 Å². The predicted molar refractivity (Wildman–Crippen MR) is 115 cm³/mol. The van der Waals surface area contributed by atoms with Crippen molar-refractivity contribution < 1.29 is 9.59 Å². The molecule has 29 heavy (non-hydrogen) atoms. The molecule has 0 unspecified atom stereocenters. The Kier molecular flexibility index (Phi) is 5.32. The van der Waals surface area contributed by atoms with Crippen molar-refractivity contribution in [1.29, 1.82) is 0 Å². The highest BCUT2D eigenvalue weighted by molar-refractivity contribution is 7.19. The van der Waals surface area contributed by atoms with Crippen LogP contribution in [0, 0.1) is 6.92 Å². The normalized spacial score (nSPS) is 14.8. The van der Waals surface area contributed by atoms with Crippen LogP contribution < -0.4 is 10.9 Å². The molecule has 150 valence electrons.